The van der Waals surface area contributed by atoms with Crippen LogP contribution in [-0.2, 0) is 14.3 Å². The van der Waals surface area contributed by atoms with E-state index in [-0.39, 0.29) is 12.5 Å². The molecule has 3 N–H and O–H groups in total. The van der Waals surface area contributed by atoms with Gasteiger partial charge in [0, 0.05) is 32.3 Å². The van der Waals surface area contributed by atoms with E-state index < -0.39 is 6.10 Å². The molecule has 0 radical (unpaired) electrons. The first kappa shape index (κ1) is 28.8. The molecule has 3 rings (SSSR count). The summed E-state index contributed by atoms with van der Waals surface area (Å²) in [6, 6.07) is 17.0. The molecule has 34 heavy (non-hydrogen) atoms. The molecule has 0 aromatic heterocycles. The Morgan fingerprint density at radius 1 is 1.21 bits per heavy atom. The Hall–Kier alpha value is -3.21. The number of aryl methyl sites for hydroxylation is 2. The maximum absolute atomic E-state index is 11.3. The highest BCUT2D eigenvalue weighted by molar-refractivity contribution is 5.81. The van der Waals surface area contributed by atoms with E-state index in [0.717, 1.165) is 25.7 Å². The number of unbranched alkanes of at least 4 members (excludes halogenated alkanes) is 1. The van der Waals surface area contributed by atoms with Crippen molar-refractivity contribution in [3.8, 4) is 17.2 Å². The van der Waals surface area contributed by atoms with E-state index in [1.807, 2.05) is 20.0 Å². The summed E-state index contributed by atoms with van der Waals surface area (Å²) in [5.74, 6) is -0.212. The van der Waals surface area contributed by atoms with Gasteiger partial charge in [0.05, 0.1) is 6.07 Å². The van der Waals surface area contributed by atoms with Crippen LogP contribution in [0.15, 0.2) is 42.5 Å². The molecule has 1 atom stereocenters. The summed E-state index contributed by atoms with van der Waals surface area (Å²) in [7, 11) is 1.96. The van der Waals surface area contributed by atoms with E-state index in [1.54, 1.807) is 0 Å². The first-order valence-electron chi connectivity index (χ1n) is 11.7. The van der Waals surface area contributed by atoms with Gasteiger partial charge in [0.15, 0.2) is 0 Å². The number of carbonyl (C=O) groups is 2. The van der Waals surface area contributed by atoms with E-state index in [1.165, 1.54) is 27.9 Å². The molecule has 1 amide bonds. The highest BCUT2D eigenvalue weighted by Crippen LogP contribution is 2.25. The van der Waals surface area contributed by atoms with E-state index in [2.05, 4.69) is 72.3 Å². The largest absolute Gasteiger partial charge is 0.388 e. The summed E-state index contributed by atoms with van der Waals surface area (Å²) in [6.07, 6.45) is 3.08. The minimum absolute atomic E-state index is 0.0404. The number of aldehydes is 1. The fourth-order valence-corrected chi connectivity index (χ4v) is 3.06. The topological polar surface area (TPSA) is 103 Å². The molecule has 1 unspecified atom stereocenters. The molecule has 0 bridgehead atoms. The van der Waals surface area contributed by atoms with Gasteiger partial charge >= 0.3 is 0 Å². The Bertz CT molecular complexity index is 899. The van der Waals surface area contributed by atoms with Crippen LogP contribution in [-0.4, -0.2) is 51.6 Å². The Kier molecular flexibility index (Phi) is 14.7. The van der Waals surface area contributed by atoms with E-state index in [0.29, 0.717) is 19.6 Å². The van der Waals surface area contributed by atoms with Gasteiger partial charge in [-0.2, -0.15) is 5.26 Å². The Balaban J connectivity index is 0.000000289. The van der Waals surface area contributed by atoms with Gasteiger partial charge in [-0.15, -0.1) is 0 Å². The van der Waals surface area contributed by atoms with E-state index in [9.17, 15) is 9.59 Å². The minimum Gasteiger partial charge on any atom is -0.388 e. The predicted molar refractivity (Wildman–Crippen MR) is 138 cm³/mol. The number of hydrogen-bond acceptors (Lipinski definition) is 6. The molecule has 2 aromatic rings. The molecule has 1 saturated heterocycles. The van der Waals surface area contributed by atoms with Crippen molar-refractivity contribution in [2.45, 2.75) is 46.1 Å². The Labute approximate surface area is 203 Å². The third kappa shape index (κ3) is 11.1. The second-order valence-corrected chi connectivity index (χ2v) is 7.89. The van der Waals surface area contributed by atoms with Gasteiger partial charge in [0.25, 0.3) is 5.91 Å². The van der Waals surface area contributed by atoms with Crippen molar-refractivity contribution in [1.29, 1.82) is 5.26 Å². The van der Waals surface area contributed by atoms with Crippen molar-refractivity contribution in [3.05, 3.63) is 53.6 Å². The third-order valence-corrected chi connectivity index (χ3v) is 5.08. The number of nitrogens with one attached hydrogen (secondary N) is 3. The molecule has 0 aliphatic carbocycles. The summed E-state index contributed by atoms with van der Waals surface area (Å²) in [4.78, 5) is 20.7. The van der Waals surface area contributed by atoms with Crippen LogP contribution in [0.25, 0.3) is 11.1 Å². The fourth-order valence-electron chi connectivity index (χ4n) is 3.06. The van der Waals surface area contributed by atoms with Crippen LogP contribution in [0.1, 0.15) is 37.3 Å². The molecule has 184 valence electrons. The summed E-state index contributed by atoms with van der Waals surface area (Å²) < 4.78 is 5.28. The summed E-state index contributed by atoms with van der Waals surface area (Å²) in [5, 5.41) is 17.0. The van der Waals surface area contributed by atoms with Crippen molar-refractivity contribution < 1.29 is 14.3 Å². The minimum atomic E-state index is -0.448. The zero-order valence-electron chi connectivity index (χ0n) is 20.8. The van der Waals surface area contributed by atoms with Gasteiger partial charge in [-0.3, -0.25) is 4.79 Å². The normalized spacial score (nSPS) is 14.6. The smallest absolute Gasteiger partial charge is 0.251 e. The summed E-state index contributed by atoms with van der Waals surface area (Å²) in [6.45, 7) is 8.24. The lowest BCUT2D eigenvalue weighted by Crippen LogP contribution is -2.41. The first-order valence-corrected chi connectivity index (χ1v) is 11.7. The second-order valence-electron chi connectivity index (χ2n) is 7.89. The number of benzene rings is 2. The van der Waals surface area contributed by atoms with Gasteiger partial charge in [0.1, 0.15) is 18.9 Å². The summed E-state index contributed by atoms with van der Waals surface area (Å²) in [5.41, 5.74) is 6.29. The van der Waals surface area contributed by atoms with E-state index in [4.69, 9.17) is 10.00 Å². The highest BCUT2D eigenvalue weighted by atomic mass is 16.5. The van der Waals surface area contributed by atoms with Gasteiger partial charge in [-0.1, -0.05) is 48.9 Å². The third-order valence-electron chi connectivity index (χ3n) is 5.08. The predicted octanol–water partition coefficient (Wildman–Crippen LogP) is 4.00. The molecule has 0 saturated carbocycles. The number of nitrogens with zero attached hydrogens (tertiary/aromatic N) is 1. The zero-order chi connectivity index (χ0) is 25.2. The monoisotopic (exact) mass is 466 g/mol. The molecule has 1 heterocycles. The van der Waals surface area contributed by atoms with Crippen molar-refractivity contribution in [2.75, 3.05) is 38.6 Å². The molecule has 1 aliphatic heterocycles. The van der Waals surface area contributed by atoms with Crippen LogP contribution in [0.3, 0.4) is 0 Å². The van der Waals surface area contributed by atoms with Crippen LogP contribution < -0.4 is 16.0 Å². The maximum atomic E-state index is 11.3. The van der Waals surface area contributed by atoms with Crippen LogP contribution in [0.5, 0.6) is 0 Å². The summed E-state index contributed by atoms with van der Waals surface area (Å²) >= 11 is 0. The van der Waals surface area contributed by atoms with E-state index >= 15 is 0 Å². The van der Waals surface area contributed by atoms with Crippen molar-refractivity contribution in [1.82, 2.24) is 10.6 Å². The molecule has 1 aliphatic rings. The molecule has 0 spiro atoms. The number of hydrogen-bond donors (Lipinski definition) is 3. The molecule has 2 aromatic carbocycles. The van der Waals surface area contributed by atoms with Crippen LogP contribution >= 0.6 is 0 Å². The van der Waals surface area contributed by atoms with Gasteiger partial charge in [-0.25, -0.2) is 0 Å². The lowest BCUT2D eigenvalue weighted by molar-refractivity contribution is -0.131. The highest BCUT2D eigenvalue weighted by Gasteiger charge is 2.19. The fraction of sp³-hybridized carbons (Fsp3) is 0.444. The lowest BCUT2D eigenvalue weighted by atomic mass is 10.0. The standard InChI is InChI=1S/C15H17N.C8H13N3O2.C4H8O/c1-11-4-7-13(8-5-11)14-9-6-12(2)15(10-14)16-3;9-2-4-11-8(12)7-6-10-3-1-5-13-7;1-2-3-4-5/h4-10,16H,1-3H3;7,10H,1,3-6H2,(H,11,12);4H,2-3H2,1H3. The SMILES string of the molecule is CCCC=O.CNc1cc(-c2ccc(C)cc2)ccc1C.N#CCNC(=O)C1CNCCCO1. The Morgan fingerprint density at radius 3 is 2.50 bits per heavy atom. The number of amides is 1. The van der Waals surface area contributed by atoms with Crippen LogP contribution in [0.2, 0.25) is 0 Å². The average Bonchev–Trinajstić information content (AvgIpc) is 3.15. The quantitative estimate of drug-likeness (QED) is 0.439. The van der Waals surface area contributed by atoms with Gasteiger partial charge in [0.2, 0.25) is 0 Å². The van der Waals surface area contributed by atoms with Gasteiger partial charge in [-0.05, 0) is 56.0 Å². The number of rotatable bonds is 6. The van der Waals surface area contributed by atoms with Crippen molar-refractivity contribution >= 4 is 17.9 Å². The lowest BCUT2D eigenvalue weighted by Gasteiger charge is -2.12. The first-order chi connectivity index (χ1) is 16.5. The zero-order valence-corrected chi connectivity index (χ0v) is 20.8. The number of ether oxygens (including phenoxy) is 1. The number of nitriles is 1. The number of anilines is 1. The molecule has 7 heteroatoms. The molecule has 1 fully saturated rings. The number of carbonyl (C=O) groups excluding carboxylic acids is 2. The maximum Gasteiger partial charge on any atom is 0.251 e. The van der Waals surface area contributed by atoms with Crippen molar-refractivity contribution in [2.24, 2.45) is 0 Å². The van der Waals surface area contributed by atoms with Crippen LogP contribution in [0.4, 0.5) is 5.69 Å². The average molecular weight is 467 g/mol. The van der Waals surface area contributed by atoms with Crippen molar-refractivity contribution in [3.63, 3.8) is 0 Å². The molecular weight excluding hydrogens is 428 g/mol. The van der Waals surface area contributed by atoms with Crippen LogP contribution in [0, 0.1) is 25.2 Å². The van der Waals surface area contributed by atoms with Gasteiger partial charge < -0.3 is 25.5 Å². The second kappa shape index (κ2) is 17.3. The Morgan fingerprint density at radius 2 is 1.91 bits per heavy atom. The molecular formula is C27H38N4O3. The molecule has 7 nitrogen and oxygen atoms in total.